The van der Waals surface area contributed by atoms with Gasteiger partial charge in [0, 0.05) is 24.7 Å². The minimum Gasteiger partial charge on any atom is -0.481 e. The molecule has 0 aliphatic rings. The Kier molecular flexibility index (Phi) is 4.59. The van der Waals surface area contributed by atoms with Gasteiger partial charge in [-0.05, 0) is 12.5 Å². The van der Waals surface area contributed by atoms with Crippen molar-refractivity contribution in [3.05, 3.63) is 39.9 Å². The van der Waals surface area contributed by atoms with Crippen molar-refractivity contribution in [3.63, 3.8) is 0 Å². The van der Waals surface area contributed by atoms with E-state index < -0.39 is 10.9 Å². The van der Waals surface area contributed by atoms with Crippen LogP contribution in [0.2, 0.25) is 0 Å². The first-order chi connectivity index (χ1) is 7.99. The Morgan fingerprint density at radius 2 is 2.29 bits per heavy atom. The lowest BCUT2D eigenvalue weighted by molar-refractivity contribution is -0.384. The summed E-state index contributed by atoms with van der Waals surface area (Å²) in [4.78, 5) is 20.5. The molecule has 0 spiro atoms. The maximum absolute atomic E-state index is 10.5. The van der Waals surface area contributed by atoms with Crippen LogP contribution in [-0.4, -0.2) is 22.0 Å². The largest absolute Gasteiger partial charge is 0.481 e. The van der Waals surface area contributed by atoms with E-state index in [1.807, 2.05) is 0 Å². The average Bonchev–Trinajstić information content (AvgIpc) is 2.26. The Balaban J connectivity index is 2.54. The van der Waals surface area contributed by atoms with Crippen LogP contribution in [0.4, 0.5) is 5.69 Å². The number of carboxylic acid groups (broad SMARTS) is 1. The predicted octanol–water partition coefficient (Wildman–Crippen LogP) is 1.55. The Morgan fingerprint density at radius 1 is 1.59 bits per heavy atom. The number of nitro groups is 1. The molecule has 1 atom stereocenters. The molecule has 0 bridgehead atoms. The standard InChI is InChI=1S/C11H14N2O4/c1-8(5-11(14)15)12-7-9-3-2-4-10(6-9)13(16)17/h2-4,6,8,12H,5,7H2,1H3,(H,14,15). The van der Waals surface area contributed by atoms with Crippen molar-refractivity contribution >= 4 is 11.7 Å². The van der Waals surface area contributed by atoms with Crippen LogP contribution in [0.1, 0.15) is 18.9 Å². The number of hydrogen-bond donors (Lipinski definition) is 2. The molecule has 0 saturated carbocycles. The smallest absolute Gasteiger partial charge is 0.304 e. The molecule has 2 N–H and O–H groups in total. The van der Waals surface area contributed by atoms with Crippen LogP contribution in [0.25, 0.3) is 0 Å². The zero-order valence-corrected chi connectivity index (χ0v) is 9.42. The molecule has 92 valence electrons. The Labute approximate surface area is 98.4 Å². The third kappa shape index (κ3) is 4.60. The minimum absolute atomic E-state index is 0.0227. The highest BCUT2D eigenvalue weighted by atomic mass is 16.6. The second kappa shape index (κ2) is 5.95. The number of nitrogens with zero attached hydrogens (tertiary/aromatic N) is 1. The van der Waals surface area contributed by atoms with Crippen LogP contribution >= 0.6 is 0 Å². The minimum atomic E-state index is -0.871. The molecule has 0 heterocycles. The number of rotatable bonds is 6. The van der Waals surface area contributed by atoms with Crippen molar-refractivity contribution in [2.75, 3.05) is 0 Å². The first-order valence-electron chi connectivity index (χ1n) is 5.17. The first-order valence-corrected chi connectivity index (χ1v) is 5.17. The van der Waals surface area contributed by atoms with E-state index in [1.165, 1.54) is 12.1 Å². The van der Waals surface area contributed by atoms with Crippen LogP contribution in [0.3, 0.4) is 0 Å². The maximum Gasteiger partial charge on any atom is 0.304 e. The summed E-state index contributed by atoms with van der Waals surface area (Å²) in [5, 5.41) is 22.1. The summed E-state index contributed by atoms with van der Waals surface area (Å²) in [6, 6.07) is 6.08. The van der Waals surface area contributed by atoms with E-state index in [1.54, 1.807) is 19.1 Å². The summed E-state index contributed by atoms with van der Waals surface area (Å²) in [6.07, 6.45) is 0.0227. The summed E-state index contributed by atoms with van der Waals surface area (Å²) in [7, 11) is 0. The van der Waals surface area contributed by atoms with E-state index in [4.69, 9.17) is 5.11 Å². The predicted molar refractivity (Wildman–Crippen MR) is 61.7 cm³/mol. The number of carbonyl (C=O) groups is 1. The van der Waals surface area contributed by atoms with Gasteiger partial charge < -0.3 is 10.4 Å². The van der Waals surface area contributed by atoms with Crippen molar-refractivity contribution in [1.29, 1.82) is 0 Å². The van der Waals surface area contributed by atoms with Crippen molar-refractivity contribution in [2.24, 2.45) is 0 Å². The number of carboxylic acids is 1. The number of non-ortho nitro benzene ring substituents is 1. The van der Waals surface area contributed by atoms with Gasteiger partial charge in [-0.3, -0.25) is 14.9 Å². The van der Waals surface area contributed by atoms with Crippen LogP contribution in [0.15, 0.2) is 24.3 Å². The normalized spacial score (nSPS) is 12.1. The Hall–Kier alpha value is -1.95. The topological polar surface area (TPSA) is 92.5 Å². The van der Waals surface area contributed by atoms with Crippen LogP contribution < -0.4 is 5.32 Å². The van der Waals surface area contributed by atoms with Crippen LogP contribution in [0, 0.1) is 10.1 Å². The SMILES string of the molecule is CC(CC(=O)O)NCc1cccc([N+](=O)[O-])c1. The number of nitrogens with one attached hydrogen (secondary N) is 1. The lowest BCUT2D eigenvalue weighted by Gasteiger charge is -2.11. The van der Waals surface area contributed by atoms with Crippen molar-refractivity contribution in [1.82, 2.24) is 5.32 Å². The molecule has 6 nitrogen and oxygen atoms in total. The van der Waals surface area contributed by atoms with Gasteiger partial charge >= 0.3 is 5.97 Å². The van der Waals surface area contributed by atoms with Gasteiger partial charge in [-0.1, -0.05) is 12.1 Å². The van der Waals surface area contributed by atoms with E-state index >= 15 is 0 Å². The van der Waals surface area contributed by atoms with Crippen molar-refractivity contribution < 1.29 is 14.8 Å². The van der Waals surface area contributed by atoms with Gasteiger partial charge in [-0.25, -0.2) is 0 Å². The number of benzene rings is 1. The lowest BCUT2D eigenvalue weighted by Crippen LogP contribution is -2.27. The van der Waals surface area contributed by atoms with E-state index in [0.717, 1.165) is 5.56 Å². The fourth-order valence-corrected chi connectivity index (χ4v) is 1.41. The molecular weight excluding hydrogens is 224 g/mol. The molecule has 0 radical (unpaired) electrons. The number of aliphatic carboxylic acids is 1. The summed E-state index contributed by atoms with van der Waals surface area (Å²) < 4.78 is 0. The zero-order valence-electron chi connectivity index (χ0n) is 9.42. The molecule has 0 saturated heterocycles. The summed E-state index contributed by atoms with van der Waals surface area (Å²) >= 11 is 0. The molecule has 0 amide bonds. The Bertz CT molecular complexity index is 420. The van der Waals surface area contributed by atoms with Gasteiger partial charge in [0.2, 0.25) is 0 Å². The molecule has 0 aromatic heterocycles. The van der Waals surface area contributed by atoms with Gasteiger partial charge in [-0.15, -0.1) is 0 Å². The fourth-order valence-electron chi connectivity index (χ4n) is 1.41. The van der Waals surface area contributed by atoms with Gasteiger partial charge in [0.25, 0.3) is 5.69 Å². The van der Waals surface area contributed by atoms with E-state index in [2.05, 4.69) is 5.32 Å². The third-order valence-corrected chi connectivity index (χ3v) is 2.26. The maximum atomic E-state index is 10.5. The van der Waals surface area contributed by atoms with E-state index in [0.29, 0.717) is 6.54 Å². The van der Waals surface area contributed by atoms with Crippen LogP contribution in [0.5, 0.6) is 0 Å². The monoisotopic (exact) mass is 238 g/mol. The first kappa shape index (κ1) is 13.1. The molecule has 1 aromatic carbocycles. The fraction of sp³-hybridized carbons (Fsp3) is 0.364. The molecule has 0 aliphatic carbocycles. The van der Waals surface area contributed by atoms with Gasteiger partial charge in [-0.2, -0.15) is 0 Å². The number of nitro benzene ring substituents is 1. The van der Waals surface area contributed by atoms with E-state index in [-0.39, 0.29) is 18.2 Å². The Morgan fingerprint density at radius 3 is 2.88 bits per heavy atom. The molecule has 1 unspecified atom stereocenters. The molecular formula is C11H14N2O4. The highest BCUT2D eigenvalue weighted by molar-refractivity contribution is 5.67. The zero-order chi connectivity index (χ0) is 12.8. The highest BCUT2D eigenvalue weighted by Crippen LogP contribution is 2.12. The van der Waals surface area contributed by atoms with Crippen LogP contribution in [-0.2, 0) is 11.3 Å². The van der Waals surface area contributed by atoms with Gasteiger partial charge in [0.15, 0.2) is 0 Å². The second-order valence-corrected chi connectivity index (χ2v) is 3.81. The molecule has 0 fully saturated rings. The average molecular weight is 238 g/mol. The number of hydrogen-bond acceptors (Lipinski definition) is 4. The van der Waals surface area contributed by atoms with E-state index in [9.17, 15) is 14.9 Å². The van der Waals surface area contributed by atoms with Gasteiger partial charge in [0.05, 0.1) is 11.3 Å². The van der Waals surface area contributed by atoms with Gasteiger partial charge in [0.1, 0.15) is 0 Å². The molecule has 17 heavy (non-hydrogen) atoms. The molecule has 0 aliphatic heterocycles. The molecule has 6 heteroatoms. The summed E-state index contributed by atoms with van der Waals surface area (Å²) in [5.74, 6) is -0.871. The summed E-state index contributed by atoms with van der Waals surface area (Å²) in [6.45, 7) is 2.17. The molecule has 1 aromatic rings. The highest BCUT2D eigenvalue weighted by Gasteiger charge is 2.08. The van der Waals surface area contributed by atoms with Crippen molar-refractivity contribution in [2.45, 2.75) is 25.9 Å². The quantitative estimate of drug-likeness (QED) is 0.579. The van der Waals surface area contributed by atoms with Crippen molar-refractivity contribution in [3.8, 4) is 0 Å². The lowest BCUT2D eigenvalue weighted by atomic mass is 10.1. The second-order valence-electron chi connectivity index (χ2n) is 3.81. The third-order valence-electron chi connectivity index (χ3n) is 2.26. The molecule has 1 rings (SSSR count). The summed E-state index contributed by atoms with van der Waals surface area (Å²) in [5.41, 5.74) is 0.798.